The molecular formula is C15H31N3S. The molecular weight excluding hydrogens is 254 g/mol. The molecule has 0 radical (unpaired) electrons. The van der Waals surface area contributed by atoms with Crippen LogP contribution in [-0.2, 0) is 0 Å². The summed E-state index contributed by atoms with van der Waals surface area (Å²) in [6, 6.07) is 0. The molecule has 2 saturated heterocycles. The maximum absolute atomic E-state index is 6.20. The van der Waals surface area contributed by atoms with Gasteiger partial charge in [-0.05, 0) is 50.6 Å². The summed E-state index contributed by atoms with van der Waals surface area (Å²) in [5, 5.41) is 0. The number of nitrogens with zero attached hydrogens (tertiary/aromatic N) is 2. The Hall–Kier alpha value is 0.230. The molecule has 0 spiro atoms. The summed E-state index contributed by atoms with van der Waals surface area (Å²) in [7, 11) is 0. The number of thioether (sulfide) groups is 1. The second kappa shape index (κ2) is 7.30. The van der Waals surface area contributed by atoms with Crippen molar-refractivity contribution in [1.82, 2.24) is 9.80 Å². The molecule has 2 heterocycles. The van der Waals surface area contributed by atoms with E-state index in [2.05, 4.69) is 35.4 Å². The van der Waals surface area contributed by atoms with Gasteiger partial charge in [0.25, 0.3) is 0 Å². The van der Waals surface area contributed by atoms with Crippen molar-refractivity contribution in [3.63, 3.8) is 0 Å². The lowest BCUT2D eigenvalue weighted by Crippen LogP contribution is -2.60. The molecule has 112 valence electrons. The van der Waals surface area contributed by atoms with Crippen molar-refractivity contribution in [3.8, 4) is 0 Å². The minimum atomic E-state index is 0.304. The summed E-state index contributed by atoms with van der Waals surface area (Å²) in [6.07, 6.45) is 3.86. The van der Waals surface area contributed by atoms with E-state index in [0.29, 0.717) is 5.54 Å². The van der Waals surface area contributed by atoms with Crippen LogP contribution in [0.4, 0.5) is 0 Å². The second-order valence-electron chi connectivity index (χ2n) is 6.58. The smallest absolute Gasteiger partial charge is 0.0356 e. The van der Waals surface area contributed by atoms with Crippen LogP contribution in [0.5, 0.6) is 0 Å². The first-order chi connectivity index (χ1) is 9.16. The van der Waals surface area contributed by atoms with Crippen LogP contribution in [0.25, 0.3) is 0 Å². The van der Waals surface area contributed by atoms with E-state index >= 15 is 0 Å². The molecule has 0 amide bonds. The van der Waals surface area contributed by atoms with E-state index in [-0.39, 0.29) is 0 Å². The van der Waals surface area contributed by atoms with Crippen molar-refractivity contribution < 1.29 is 0 Å². The molecule has 0 unspecified atom stereocenters. The van der Waals surface area contributed by atoms with Crippen molar-refractivity contribution in [2.75, 3.05) is 50.8 Å². The second-order valence-corrected chi connectivity index (χ2v) is 7.80. The molecule has 2 aliphatic heterocycles. The maximum Gasteiger partial charge on any atom is 0.0356 e. The number of nitrogens with two attached hydrogens (primary N) is 1. The molecule has 2 N–H and O–H groups in total. The number of rotatable bonds is 4. The van der Waals surface area contributed by atoms with Crippen molar-refractivity contribution >= 4 is 11.8 Å². The third kappa shape index (κ3) is 4.10. The van der Waals surface area contributed by atoms with Crippen LogP contribution in [0, 0.1) is 5.92 Å². The number of likely N-dealkylation sites (tertiary alicyclic amines) is 1. The van der Waals surface area contributed by atoms with Crippen LogP contribution in [0.1, 0.15) is 33.1 Å². The van der Waals surface area contributed by atoms with Crippen LogP contribution in [-0.4, -0.2) is 66.1 Å². The average Bonchev–Trinajstić information content (AvgIpc) is 2.69. The molecule has 2 aliphatic rings. The number of hydrogen-bond donors (Lipinski definition) is 1. The van der Waals surface area contributed by atoms with Gasteiger partial charge in [-0.25, -0.2) is 0 Å². The van der Waals surface area contributed by atoms with E-state index in [1.54, 1.807) is 0 Å². The highest BCUT2D eigenvalue weighted by Gasteiger charge is 2.38. The van der Waals surface area contributed by atoms with E-state index < -0.39 is 0 Å². The highest BCUT2D eigenvalue weighted by molar-refractivity contribution is 7.99. The van der Waals surface area contributed by atoms with E-state index in [4.69, 9.17) is 5.73 Å². The Labute approximate surface area is 123 Å². The van der Waals surface area contributed by atoms with Crippen LogP contribution in [0.15, 0.2) is 0 Å². The predicted molar refractivity (Wildman–Crippen MR) is 85.8 cm³/mol. The Bertz CT molecular complexity index is 254. The molecule has 0 saturated carbocycles. The third-order valence-electron chi connectivity index (χ3n) is 4.68. The topological polar surface area (TPSA) is 32.5 Å². The summed E-state index contributed by atoms with van der Waals surface area (Å²) in [5.41, 5.74) is 6.50. The highest BCUT2D eigenvalue weighted by Crippen LogP contribution is 2.30. The minimum absolute atomic E-state index is 0.304. The van der Waals surface area contributed by atoms with Gasteiger partial charge >= 0.3 is 0 Å². The normalized spacial score (nSPS) is 26.5. The van der Waals surface area contributed by atoms with Crippen molar-refractivity contribution in [2.45, 2.75) is 38.6 Å². The fourth-order valence-corrected chi connectivity index (χ4v) is 4.42. The maximum atomic E-state index is 6.20. The Morgan fingerprint density at radius 2 is 1.84 bits per heavy atom. The van der Waals surface area contributed by atoms with Crippen molar-refractivity contribution in [3.05, 3.63) is 0 Å². The fraction of sp³-hybridized carbons (Fsp3) is 1.00. The number of piperidine rings is 1. The Balaban J connectivity index is 1.92. The lowest BCUT2D eigenvalue weighted by molar-refractivity contribution is 0.0287. The fourth-order valence-electron chi connectivity index (χ4n) is 3.54. The van der Waals surface area contributed by atoms with E-state index in [1.807, 2.05) is 0 Å². The molecule has 4 heteroatoms. The summed E-state index contributed by atoms with van der Waals surface area (Å²) in [6.45, 7) is 11.7. The van der Waals surface area contributed by atoms with Crippen LogP contribution in [0.3, 0.4) is 0 Å². The van der Waals surface area contributed by atoms with Gasteiger partial charge in [-0.2, -0.15) is 11.8 Å². The predicted octanol–water partition coefficient (Wildman–Crippen LogP) is 1.87. The van der Waals surface area contributed by atoms with Gasteiger partial charge in [0, 0.05) is 30.9 Å². The zero-order chi connectivity index (χ0) is 13.7. The Morgan fingerprint density at radius 1 is 1.11 bits per heavy atom. The number of hydrogen-bond acceptors (Lipinski definition) is 4. The SMILES string of the molecule is CC(C)CN1CCC(CN)(N2CCCSCC2)CC1. The van der Waals surface area contributed by atoms with Crippen molar-refractivity contribution in [1.29, 1.82) is 0 Å². The molecule has 0 aromatic carbocycles. The third-order valence-corrected chi connectivity index (χ3v) is 5.73. The van der Waals surface area contributed by atoms with Gasteiger partial charge < -0.3 is 10.6 Å². The van der Waals surface area contributed by atoms with Gasteiger partial charge in [0.1, 0.15) is 0 Å². The molecule has 0 aromatic rings. The molecule has 0 aromatic heterocycles. The van der Waals surface area contributed by atoms with E-state index in [9.17, 15) is 0 Å². The van der Waals surface area contributed by atoms with Crippen LogP contribution >= 0.6 is 11.8 Å². The molecule has 2 fully saturated rings. The first-order valence-electron chi connectivity index (χ1n) is 7.91. The largest absolute Gasteiger partial charge is 0.329 e. The zero-order valence-electron chi connectivity index (χ0n) is 12.7. The zero-order valence-corrected chi connectivity index (χ0v) is 13.6. The van der Waals surface area contributed by atoms with Gasteiger partial charge in [-0.3, -0.25) is 4.90 Å². The van der Waals surface area contributed by atoms with Crippen LogP contribution < -0.4 is 5.73 Å². The molecule has 19 heavy (non-hydrogen) atoms. The lowest BCUT2D eigenvalue weighted by Gasteiger charge is -2.48. The quantitative estimate of drug-likeness (QED) is 0.855. The molecule has 2 rings (SSSR count). The summed E-state index contributed by atoms with van der Waals surface area (Å²) < 4.78 is 0. The standard InChI is InChI=1S/C15H31N3S/c1-14(2)12-17-7-4-15(13-16,5-8-17)18-6-3-10-19-11-9-18/h14H,3-13,16H2,1-2H3. The Morgan fingerprint density at radius 3 is 2.47 bits per heavy atom. The van der Waals surface area contributed by atoms with Gasteiger partial charge in [0.05, 0.1) is 0 Å². The van der Waals surface area contributed by atoms with E-state index in [1.165, 1.54) is 63.5 Å². The minimum Gasteiger partial charge on any atom is -0.329 e. The van der Waals surface area contributed by atoms with Gasteiger partial charge in [0.15, 0.2) is 0 Å². The lowest BCUT2D eigenvalue weighted by atomic mass is 9.85. The molecule has 3 nitrogen and oxygen atoms in total. The summed E-state index contributed by atoms with van der Waals surface area (Å²) >= 11 is 2.11. The summed E-state index contributed by atoms with van der Waals surface area (Å²) in [4.78, 5) is 5.35. The Kier molecular flexibility index (Phi) is 6.00. The average molecular weight is 286 g/mol. The van der Waals surface area contributed by atoms with Crippen molar-refractivity contribution in [2.24, 2.45) is 11.7 Å². The first-order valence-corrected chi connectivity index (χ1v) is 9.07. The van der Waals surface area contributed by atoms with E-state index in [0.717, 1.165) is 12.5 Å². The highest BCUT2D eigenvalue weighted by atomic mass is 32.2. The summed E-state index contributed by atoms with van der Waals surface area (Å²) in [5.74, 6) is 3.40. The monoisotopic (exact) mass is 285 g/mol. The molecule has 0 aliphatic carbocycles. The van der Waals surface area contributed by atoms with Gasteiger partial charge in [-0.15, -0.1) is 0 Å². The van der Waals surface area contributed by atoms with Gasteiger partial charge in [0.2, 0.25) is 0 Å². The van der Waals surface area contributed by atoms with Gasteiger partial charge in [-0.1, -0.05) is 13.8 Å². The first kappa shape index (κ1) is 15.6. The van der Waals surface area contributed by atoms with Crippen LogP contribution in [0.2, 0.25) is 0 Å². The molecule has 0 atom stereocenters. The molecule has 0 bridgehead atoms.